The number of hydrogen-bond acceptors (Lipinski definition) is 5. The van der Waals surface area contributed by atoms with E-state index >= 15 is 0 Å². The average Bonchev–Trinajstić information content (AvgIpc) is 2.53. The van der Waals surface area contributed by atoms with Crippen molar-refractivity contribution in [2.45, 2.75) is 19.9 Å². The number of piperazine rings is 1. The molecule has 22 heavy (non-hydrogen) atoms. The summed E-state index contributed by atoms with van der Waals surface area (Å²) < 4.78 is 11.2. The number of halogens is 1. The summed E-state index contributed by atoms with van der Waals surface area (Å²) >= 11 is 6.34. The molecule has 0 saturated carbocycles. The van der Waals surface area contributed by atoms with Crippen LogP contribution >= 0.6 is 11.6 Å². The van der Waals surface area contributed by atoms with E-state index in [0.717, 1.165) is 31.7 Å². The normalized spacial score (nSPS) is 16.8. The maximum atomic E-state index is 9.59. The van der Waals surface area contributed by atoms with Crippen LogP contribution in [0.1, 0.15) is 25.5 Å². The molecule has 1 fully saturated rings. The Labute approximate surface area is 136 Å². The van der Waals surface area contributed by atoms with Crippen LogP contribution in [0.15, 0.2) is 12.1 Å². The Bertz CT molecular complexity index is 539. The van der Waals surface area contributed by atoms with Gasteiger partial charge in [-0.05, 0) is 31.5 Å². The lowest BCUT2D eigenvalue weighted by atomic mass is 10.0. The van der Waals surface area contributed by atoms with Crippen molar-refractivity contribution in [1.82, 2.24) is 10.2 Å². The van der Waals surface area contributed by atoms with Crippen molar-refractivity contribution in [3.63, 3.8) is 0 Å². The lowest BCUT2D eigenvalue weighted by Gasteiger charge is -2.31. The van der Waals surface area contributed by atoms with Gasteiger partial charge in [-0.2, -0.15) is 5.26 Å². The van der Waals surface area contributed by atoms with Crippen LogP contribution in [-0.4, -0.2) is 44.3 Å². The molecular weight excluding hydrogens is 302 g/mol. The molecular formula is C16H22ClN3O2. The first kappa shape index (κ1) is 16.9. The summed E-state index contributed by atoms with van der Waals surface area (Å²) in [5.41, 5.74) is 0.848. The van der Waals surface area contributed by atoms with Gasteiger partial charge in [0.2, 0.25) is 0 Å². The molecule has 2 rings (SSSR count). The van der Waals surface area contributed by atoms with Gasteiger partial charge in [-0.3, -0.25) is 4.90 Å². The van der Waals surface area contributed by atoms with E-state index in [1.165, 1.54) is 0 Å². The predicted molar refractivity (Wildman–Crippen MR) is 86.6 cm³/mol. The molecule has 0 spiro atoms. The summed E-state index contributed by atoms with van der Waals surface area (Å²) in [6.45, 7) is 8.30. The number of rotatable bonds is 6. The average molecular weight is 324 g/mol. The number of ether oxygens (including phenoxy) is 2. The maximum Gasteiger partial charge on any atom is 0.179 e. The summed E-state index contributed by atoms with van der Waals surface area (Å²) in [5, 5.41) is 13.4. The molecule has 1 atom stereocenters. The first-order valence-corrected chi connectivity index (χ1v) is 8.02. The molecule has 0 aromatic heterocycles. The third kappa shape index (κ3) is 3.83. The van der Waals surface area contributed by atoms with Crippen molar-refractivity contribution in [3.05, 3.63) is 22.7 Å². The number of nitriles is 1. The summed E-state index contributed by atoms with van der Waals surface area (Å²) in [5.74, 6) is 1.15. The molecule has 120 valence electrons. The van der Waals surface area contributed by atoms with Crippen LogP contribution in [0.2, 0.25) is 5.02 Å². The Balaban J connectivity index is 2.34. The molecule has 1 aliphatic heterocycles. The first-order chi connectivity index (χ1) is 10.7. The molecule has 1 aliphatic rings. The van der Waals surface area contributed by atoms with E-state index in [0.29, 0.717) is 29.7 Å². The summed E-state index contributed by atoms with van der Waals surface area (Å²) in [6.07, 6.45) is 0. The van der Waals surface area contributed by atoms with Gasteiger partial charge in [0.1, 0.15) is 6.04 Å². The Hall–Kier alpha value is -1.48. The molecule has 0 radical (unpaired) electrons. The first-order valence-electron chi connectivity index (χ1n) is 7.64. The highest BCUT2D eigenvalue weighted by molar-refractivity contribution is 6.32. The van der Waals surface area contributed by atoms with Crippen molar-refractivity contribution in [2.24, 2.45) is 0 Å². The van der Waals surface area contributed by atoms with Gasteiger partial charge in [-0.1, -0.05) is 11.6 Å². The molecule has 1 saturated heterocycles. The van der Waals surface area contributed by atoms with Gasteiger partial charge in [-0.25, -0.2) is 0 Å². The number of hydrogen-bond donors (Lipinski definition) is 1. The summed E-state index contributed by atoms with van der Waals surface area (Å²) in [6, 6.07) is 5.74. The van der Waals surface area contributed by atoms with Crippen molar-refractivity contribution >= 4 is 11.6 Å². The highest BCUT2D eigenvalue weighted by Crippen LogP contribution is 2.39. The number of benzene rings is 1. The van der Waals surface area contributed by atoms with Crippen LogP contribution < -0.4 is 14.8 Å². The Morgan fingerprint density at radius 3 is 2.55 bits per heavy atom. The second-order valence-electron chi connectivity index (χ2n) is 5.01. The minimum atomic E-state index is -0.325. The van der Waals surface area contributed by atoms with E-state index < -0.39 is 0 Å². The fourth-order valence-corrected chi connectivity index (χ4v) is 2.87. The highest BCUT2D eigenvalue weighted by Gasteiger charge is 2.24. The van der Waals surface area contributed by atoms with Gasteiger partial charge in [0.15, 0.2) is 11.5 Å². The quantitative estimate of drug-likeness (QED) is 0.872. The predicted octanol–water partition coefficient (Wildman–Crippen LogP) is 2.61. The van der Waals surface area contributed by atoms with Gasteiger partial charge in [0.05, 0.1) is 24.3 Å². The fourth-order valence-electron chi connectivity index (χ4n) is 2.60. The number of nitrogens with zero attached hydrogens (tertiary/aromatic N) is 2. The van der Waals surface area contributed by atoms with Gasteiger partial charge in [0.25, 0.3) is 0 Å². The second-order valence-corrected chi connectivity index (χ2v) is 5.42. The SMILES string of the molecule is CCOc1cc(C(C#N)N2CCNCC2)cc(Cl)c1OCC. The Kier molecular flexibility index (Phi) is 6.32. The standard InChI is InChI=1S/C16H22ClN3O2/c1-3-21-15-10-12(9-13(17)16(15)22-4-2)14(11-18)20-7-5-19-6-8-20/h9-10,14,19H,3-8H2,1-2H3. The second kappa shape index (κ2) is 8.23. The van der Waals surface area contributed by atoms with Gasteiger partial charge < -0.3 is 14.8 Å². The van der Waals surface area contributed by atoms with E-state index in [4.69, 9.17) is 21.1 Å². The van der Waals surface area contributed by atoms with Crippen LogP contribution in [0.5, 0.6) is 11.5 Å². The zero-order chi connectivity index (χ0) is 15.9. The lowest BCUT2D eigenvalue weighted by Crippen LogP contribution is -2.44. The van der Waals surface area contributed by atoms with Crippen LogP contribution in [-0.2, 0) is 0 Å². The fraction of sp³-hybridized carbons (Fsp3) is 0.562. The molecule has 5 nitrogen and oxygen atoms in total. The zero-order valence-electron chi connectivity index (χ0n) is 13.1. The molecule has 1 unspecified atom stereocenters. The topological polar surface area (TPSA) is 57.5 Å². The van der Waals surface area contributed by atoms with Crippen molar-refractivity contribution in [3.8, 4) is 17.6 Å². The monoisotopic (exact) mass is 323 g/mol. The van der Waals surface area contributed by atoms with E-state index in [9.17, 15) is 5.26 Å². The third-order valence-corrected chi connectivity index (χ3v) is 3.86. The lowest BCUT2D eigenvalue weighted by molar-refractivity contribution is 0.207. The van der Waals surface area contributed by atoms with Gasteiger partial charge in [-0.15, -0.1) is 0 Å². The molecule has 1 heterocycles. The van der Waals surface area contributed by atoms with Crippen molar-refractivity contribution in [1.29, 1.82) is 5.26 Å². The minimum Gasteiger partial charge on any atom is -0.490 e. The van der Waals surface area contributed by atoms with Crippen molar-refractivity contribution in [2.75, 3.05) is 39.4 Å². The van der Waals surface area contributed by atoms with E-state index in [1.54, 1.807) is 0 Å². The number of nitrogens with one attached hydrogen (secondary N) is 1. The molecule has 0 bridgehead atoms. The molecule has 1 N–H and O–H groups in total. The minimum absolute atomic E-state index is 0.325. The third-order valence-electron chi connectivity index (χ3n) is 3.58. The molecule has 6 heteroatoms. The van der Waals surface area contributed by atoms with Crippen LogP contribution in [0, 0.1) is 11.3 Å². The maximum absolute atomic E-state index is 9.59. The van der Waals surface area contributed by atoms with Crippen molar-refractivity contribution < 1.29 is 9.47 Å². The van der Waals surface area contributed by atoms with Crippen LogP contribution in [0.3, 0.4) is 0 Å². The van der Waals surface area contributed by atoms with E-state index in [-0.39, 0.29) is 6.04 Å². The molecule has 0 amide bonds. The largest absolute Gasteiger partial charge is 0.490 e. The van der Waals surface area contributed by atoms with E-state index in [2.05, 4.69) is 16.3 Å². The van der Waals surface area contributed by atoms with Gasteiger partial charge >= 0.3 is 0 Å². The molecule has 1 aromatic carbocycles. The molecule has 0 aliphatic carbocycles. The Morgan fingerprint density at radius 2 is 1.95 bits per heavy atom. The zero-order valence-corrected chi connectivity index (χ0v) is 13.8. The smallest absolute Gasteiger partial charge is 0.179 e. The Morgan fingerprint density at radius 1 is 1.27 bits per heavy atom. The van der Waals surface area contributed by atoms with Crippen LogP contribution in [0.25, 0.3) is 0 Å². The highest BCUT2D eigenvalue weighted by atomic mass is 35.5. The van der Waals surface area contributed by atoms with Crippen LogP contribution in [0.4, 0.5) is 0 Å². The van der Waals surface area contributed by atoms with E-state index in [1.807, 2.05) is 26.0 Å². The van der Waals surface area contributed by atoms with Gasteiger partial charge in [0, 0.05) is 26.2 Å². The summed E-state index contributed by atoms with van der Waals surface area (Å²) in [4.78, 5) is 2.15. The summed E-state index contributed by atoms with van der Waals surface area (Å²) in [7, 11) is 0. The molecule has 1 aromatic rings.